The number of benzene rings is 1. The minimum absolute atomic E-state index is 0.114. The Balaban J connectivity index is 2.27. The minimum atomic E-state index is -1.23. The van der Waals surface area contributed by atoms with Crippen LogP contribution >= 0.6 is 0 Å². The van der Waals surface area contributed by atoms with E-state index in [2.05, 4.69) is 15.2 Å². The third-order valence-electron chi connectivity index (χ3n) is 2.07. The molecule has 0 aliphatic heterocycles. The number of hydrogen-bond acceptors (Lipinski definition) is 4. The number of rotatable bonds is 3. The molecule has 0 aliphatic carbocycles. The fourth-order valence-corrected chi connectivity index (χ4v) is 1.29. The van der Waals surface area contributed by atoms with Gasteiger partial charge in [0, 0.05) is 0 Å². The van der Waals surface area contributed by atoms with Crippen molar-refractivity contribution < 1.29 is 15.0 Å². The highest BCUT2D eigenvalue weighted by Crippen LogP contribution is 2.17. The molecule has 6 nitrogen and oxygen atoms in total. The van der Waals surface area contributed by atoms with Crippen LogP contribution in [0.25, 0.3) is 0 Å². The lowest BCUT2D eigenvalue weighted by Gasteiger charge is -2.06. The van der Waals surface area contributed by atoms with Crippen molar-refractivity contribution in [3.05, 3.63) is 47.5 Å². The Kier molecular flexibility index (Phi) is 2.65. The number of nitrogens with zero attached hydrogens (tertiary/aromatic N) is 2. The van der Waals surface area contributed by atoms with Crippen molar-refractivity contribution in [3.63, 3.8) is 0 Å². The Labute approximate surface area is 90.6 Å². The zero-order chi connectivity index (χ0) is 11.5. The zero-order valence-electron chi connectivity index (χ0n) is 8.16. The summed E-state index contributed by atoms with van der Waals surface area (Å²) in [6.07, 6.45) is -0.998. The number of H-pyrrole nitrogens is 1. The van der Waals surface area contributed by atoms with Crippen LogP contribution in [-0.4, -0.2) is 31.4 Å². The van der Waals surface area contributed by atoms with E-state index < -0.39 is 12.1 Å². The molecule has 0 radical (unpaired) electrons. The lowest BCUT2D eigenvalue weighted by atomic mass is 10.1. The van der Waals surface area contributed by atoms with E-state index in [0.29, 0.717) is 5.56 Å². The summed E-state index contributed by atoms with van der Waals surface area (Å²) in [7, 11) is 0. The van der Waals surface area contributed by atoms with Crippen LogP contribution < -0.4 is 0 Å². The molecule has 82 valence electrons. The molecule has 2 rings (SSSR count). The highest BCUT2D eigenvalue weighted by molar-refractivity contribution is 5.82. The molecule has 3 N–H and O–H groups in total. The Bertz CT molecular complexity index is 495. The lowest BCUT2D eigenvalue weighted by molar-refractivity contribution is 0.0684. The molecule has 0 saturated carbocycles. The van der Waals surface area contributed by atoms with Crippen LogP contribution in [0.2, 0.25) is 0 Å². The molecule has 1 heterocycles. The lowest BCUT2D eigenvalue weighted by Crippen LogP contribution is -2.03. The van der Waals surface area contributed by atoms with E-state index in [4.69, 9.17) is 5.11 Å². The molecule has 1 atom stereocenters. The van der Waals surface area contributed by atoms with E-state index in [9.17, 15) is 9.90 Å². The van der Waals surface area contributed by atoms with Crippen molar-refractivity contribution in [2.75, 3.05) is 0 Å². The summed E-state index contributed by atoms with van der Waals surface area (Å²) in [6.45, 7) is 0. The monoisotopic (exact) mass is 219 g/mol. The summed E-state index contributed by atoms with van der Waals surface area (Å²) in [4.78, 5) is 14.2. The van der Waals surface area contributed by atoms with Crippen molar-refractivity contribution in [3.8, 4) is 0 Å². The summed E-state index contributed by atoms with van der Waals surface area (Å²) in [6, 6.07) is 8.79. The molecule has 1 aromatic heterocycles. The Morgan fingerprint density at radius 1 is 1.31 bits per heavy atom. The standard InChI is InChI=1S/C10H9N3O3/c14-7(6-4-2-1-3-5-6)8-11-9(10(15)16)13-12-8/h1-5,7,14H,(H,15,16)(H,11,12,13)/t7-/m0/s1. The molecule has 0 spiro atoms. The second-order valence-corrected chi connectivity index (χ2v) is 3.16. The number of aromatic nitrogens is 3. The zero-order valence-corrected chi connectivity index (χ0v) is 8.16. The molecule has 1 aromatic carbocycles. The van der Waals surface area contributed by atoms with E-state index in [1.165, 1.54) is 0 Å². The summed E-state index contributed by atoms with van der Waals surface area (Å²) in [5, 5.41) is 24.3. The summed E-state index contributed by atoms with van der Waals surface area (Å²) in [5.41, 5.74) is 0.621. The first-order valence-electron chi connectivity index (χ1n) is 4.57. The van der Waals surface area contributed by atoms with E-state index in [-0.39, 0.29) is 11.6 Å². The number of aromatic carboxylic acids is 1. The van der Waals surface area contributed by atoms with Crippen LogP contribution in [0.4, 0.5) is 0 Å². The van der Waals surface area contributed by atoms with Crippen LogP contribution in [-0.2, 0) is 0 Å². The molecular formula is C10H9N3O3. The second kappa shape index (κ2) is 4.11. The van der Waals surface area contributed by atoms with Gasteiger partial charge in [0.05, 0.1) is 0 Å². The fourth-order valence-electron chi connectivity index (χ4n) is 1.29. The van der Waals surface area contributed by atoms with Gasteiger partial charge in [-0.05, 0) is 5.56 Å². The summed E-state index contributed by atoms with van der Waals surface area (Å²) >= 11 is 0. The number of carbonyl (C=O) groups is 1. The topological polar surface area (TPSA) is 99.1 Å². The maximum atomic E-state index is 10.5. The van der Waals surface area contributed by atoms with E-state index >= 15 is 0 Å². The Hall–Kier alpha value is -2.21. The average molecular weight is 219 g/mol. The van der Waals surface area contributed by atoms with Gasteiger partial charge in [0.15, 0.2) is 5.82 Å². The van der Waals surface area contributed by atoms with Crippen LogP contribution in [0, 0.1) is 0 Å². The van der Waals surface area contributed by atoms with E-state index in [0.717, 1.165) is 0 Å². The first kappa shape index (κ1) is 10.3. The molecule has 0 bridgehead atoms. The molecule has 16 heavy (non-hydrogen) atoms. The molecule has 0 fully saturated rings. The molecular weight excluding hydrogens is 210 g/mol. The van der Waals surface area contributed by atoms with Crippen molar-refractivity contribution in [2.45, 2.75) is 6.10 Å². The van der Waals surface area contributed by atoms with Crippen molar-refractivity contribution >= 4 is 5.97 Å². The number of aliphatic hydroxyl groups excluding tert-OH is 1. The van der Waals surface area contributed by atoms with Gasteiger partial charge in [0.2, 0.25) is 0 Å². The third-order valence-corrected chi connectivity index (χ3v) is 2.07. The van der Waals surface area contributed by atoms with Gasteiger partial charge in [-0.2, -0.15) is 0 Å². The number of nitrogens with one attached hydrogen (secondary N) is 1. The van der Waals surface area contributed by atoms with Gasteiger partial charge in [-0.1, -0.05) is 30.3 Å². The predicted molar refractivity (Wildman–Crippen MR) is 53.8 cm³/mol. The molecule has 0 amide bonds. The number of carboxylic acids is 1. The fraction of sp³-hybridized carbons (Fsp3) is 0.100. The third kappa shape index (κ3) is 1.91. The summed E-state index contributed by atoms with van der Waals surface area (Å²) < 4.78 is 0. The van der Waals surface area contributed by atoms with E-state index in [1.807, 2.05) is 6.07 Å². The van der Waals surface area contributed by atoms with Gasteiger partial charge in [0.1, 0.15) is 6.10 Å². The first-order valence-corrected chi connectivity index (χ1v) is 4.57. The highest BCUT2D eigenvalue weighted by Gasteiger charge is 2.17. The van der Waals surface area contributed by atoms with Gasteiger partial charge in [-0.25, -0.2) is 9.78 Å². The molecule has 0 unspecified atom stereocenters. The van der Waals surface area contributed by atoms with Gasteiger partial charge in [-0.15, -0.1) is 5.10 Å². The maximum absolute atomic E-state index is 10.5. The predicted octanol–water partition coefficient (Wildman–Crippen LogP) is 0.585. The van der Waals surface area contributed by atoms with Crippen LogP contribution in [0.3, 0.4) is 0 Å². The van der Waals surface area contributed by atoms with Crippen LogP contribution in [0.1, 0.15) is 28.1 Å². The minimum Gasteiger partial charge on any atom is -0.475 e. The van der Waals surface area contributed by atoms with Crippen LogP contribution in [0.5, 0.6) is 0 Å². The van der Waals surface area contributed by atoms with Crippen LogP contribution in [0.15, 0.2) is 30.3 Å². The molecule has 0 saturated heterocycles. The largest absolute Gasteiger partial charge is 0.475 e. The van der Waals surface area contributed by atoms with E-state index in [1.54, 1.807) is 24.3 Å². The van der Waals surface area contributed by atoms with Gasteiger partial charge in [0.25, 0.3) is 5.82 Å². The quantitative estimate of drug-likeness (QED) is 0.701. The summed E-state index contributed by atoms with van der Waals surface area (Å²) in [5.74, 6) is -1.48. The maximum Gasteiger partial charge on any atom is 0.375 e. The number of hydrogen-bond donors (Lipinski definition) is 3. The first-order chi connectivity index (χ1) is 7.68. The normalized spacial score (nSPS) is 12.3. The number of aliphatic hydroxyl groups is 1. The molecule has 6 heteroatoms. The van der Waals surface area contributed by atoms with Crippen molar-refractivity contribution in [1.29, 1.82) is 0 Å². The smallest absolute Gasteiger partial charge is 0.375 e. The van der Waals surface area contributed by atoms with Gasteiger partial charge < -0.3 is 10.2 Å². The second-order valence-electron chi connectivity index (χ2n) is 3.16. The van der Waals surface area contributed by atoms with Gasteiger partial charge in [-0.3, -0.25) is 5.10 Å². The molecule has 0 aliphatic rings. The average Bonchev–Trinajstić information content (AvgIpc) is 2.78. The highest BCUT2D eigenvalue weighted by atomic mass is 16.4. The SMILES string of the molecule is O=C(O)c1n[nH]c([C@@H](O)c2ccccc2)n1. The Morgan fingerprint density at radius 2 is 2.00 bits per heavy atom. The number of aromatic amines is 1. The molecule has 2 aromatic rings. The van der Waals surface area contributed by atoms with Crippen molar-refractivity contribution in [2.24, 2.45) is 0 Å². The van der Waals surface area contributed by atoms with Crippen molar-refractivity contribution in [1.82, 2.24) is 15.2 Å². The van der Waals surface area contributed by atoms with Gasteiger partial charge >= 0.3 is 5.97 Å². The Morgan fingerprint density at radius 3 is 2.56 bits per heavy atom. The number of carboxylic acid groups (broad SMARTS) is 1.